The fourth-order valence-electron chi connectivity index (χ4n) is 4.40. The molecule has 3 aliphatic rings. The van der Waals surface area contributed by atoms with Crippen molar-refractivity contribution in [1.82, 2.24) is 20.4 Å². The van der Waals surface area contributed by atoms with Gasteiger partial charge >= 0.3 is 0 Å². The summed E-state index contributed by atoms with van der Waals surface area (Å²) in [7, 11) is 3.74. The summed E-state index contributed by atoms with van der Waals surface area (Å²) in [4.78, 5) is 14.2. The molecule has 2 aliphatic heterocycles. The van der Waals surface area contributed by atoms with Gasteiger partial charge in [-0.2, -0.15) is 4.99 Å². The summed E-state index contributed by atoms with van der Waals surface area (Å²) in [6, 6.07) is 5.91. The first kappa shape index (κ1) is 22.2. The minimum Gasteiger partial charge on any atom is -0.495 e. The van der Waals surface area contributed by atoms with Gasteiger partial charge in [-0.15, -0.1) is 0 Å². The molecule has 8 nitrogen and oxygen atoms in total. The number of nitrogens with two attached hydrogens (primary N) is 1. The molecule has 4 N–H and O–H groups in total. The van der Waals surface area contributed by atoms with Gasteiger partial charge in [0.15, 0.2) is 0 Å². The Kier molecular flexibility index (Phi) is 6.89. The van der Waals surface area contributed by atoms with E-state index in [4.69, 9.17) is 32.1 Å². The van der Waals surface area contributed by atoms with Gasteiger partial charge in [0, 0.05) is 37.8 Å². The van der Waals surface area contributed by atoms with E-state index >= 15 is 0 Å². The summed E-state index contributed by atoms with van der Waals surface area (Å²) in [6.07, 6.45) is 7.34. The molecule has 2 fully saturated rings. The Labute approximate surface area is 189 Å². The third kappa shape index (κ3) is 5.25. The molecule has 1 atom stereocenters. The molecule has 0 bridgehead atoms. The lowest BCUT2D eigenvalue weighted by Crippen LogP contribution is -2.62. The van der Waals surface area contributed by atoms with Crippen LogP contribution in [0.15, 0.2) is 28.2 Å². The second-order valence-electron chi connectivity index (χ2n) is 8.73. The first-order chi connectivity index (χ1) is 15.0. The van der Waals surface area contributed by atoms with Gasteiger partial charge in [-0.25, -0.2) is 4.99 Å². The molecular weight excluding hydrogens is 414 g/mol. The Morgan fingerprint density at radius 3 is 2.52 bits per heavy atom. The van der Waals surface area contributed by atoms with E-state index in [-0.39, 0.29) is 0 Å². The molecule has 1 aromatic carbocycles. The molecular formula is C22H34ClN7O. The van der Waals surface area contributed by atoms with Gasteiger partial charge in [-0.05, 0) is 38.1 Å². The van der Waals surface area contributed by atoms with Gasteiger partial charge in [-0.3, -0.25) is 5.73 Å². The number of methoxy groups -OCH3 is 1. The van der Waals surface area contributed by atoms with Gasteiger partial charge in [0.25, 0.3) is 0 Å². The van der Waals surface area contributed by atoms with E-state index in [1.54, 1.807) is 7.11 Å². The van der Waals surface area contributed by atoms with Crippen LogP contribution in [0, 0.1) is 0 Å². The smallest absolute Gasteiger partial charge is 0.225 e. The molecule has 170 valence electrons. The van der Waals surface area contributed by atoms with E-state index < -0.39 is 5.79 Å². The molecule has 1 aliphatic carbocycles. The number of aliphatic imine (C=N–C) groups is 2. The SMILES string of the molecule is COc1ccc(C2(N)N=C(NC3CCCCCC3)N=C(N3CCN(C)CC3)N2)cc1Cl. The topological polar surface area (TPSA) is 90.5 Å². The summed E-state index contributed by atoms with van der Waals surface area (Å²) in [6.45, 7) is 3.74. The number of nitrogens with one attached hydrogen (secondary N) is 2. The van der Waals surface area contributed by atoms with Gasteiger partial charge in [0.1, 0.15) is 5.75 Å². The molecule has 9 heteroatoms. The molecule has 0 aromatic heterocycles. The number of halogens is 1. The normalized spacial score (nSPS) is 25.9. The minimum absolute atomic E-state index is 0.376. The highest BCUT2D eigenvalue weighted by Gasteiger charge is 2.35. The van der Waals surface area contributed by atoms with Crippen LogP contribution in [0.25, 0.3) is 0 Å². The van der Waals surface area contributed by atoms with Crippen molar-refractivity contribution in [2.45, 2.75) is 50.4 Å². The van der Waals surface area contributed by atoms with Crippen molar-refractivity contribution in [3.8, 4) is 5.75 Å². The van der Waals surface area contributed by atoms with E-state index in [0.717, 1.165) is 50.5 Å². The first-order valence-electron chi connectivity index (χ1n) is 11.3. The quantitative estimate of drug-likeness (QED) is 0.616. The maximum absolute atomic E-state index is 6.84. The van der Waals surface area contributed by atoms with Crippen LogP contribution in [0.5, 0.6) is 5.75 Å². The van der Waals surface area contributed by atoms with Crippen LogP contribution in [0.4, 0.5) is 0 Å². The molecule has 1 saturated carbocycles. The predicted octanol–water partition coefficient (Wildman–Crippen LogP) is 2.29. The van der Waals surface area contributed by atoms with E-state index in [1.165, 1.54) is 25.7 Å². The van der Waals surface area contributed by atoms with Crippen LogP contribution in [0.3, 0.4) is 0 Å². The van der Waals surface area contributed by atoms with Crippen molar-refractivity contribution in [1.29, 1.82) is 0 Å². The maximum Gasteiger partial charge on any atom is 0.225 e. The molecule has 1 unspecified atom stereocenters. The summed E-state index contributed by atoms with van der Waals surface area (Å²) in [5.41, 5.74) is 7.60. The Bertz CT molecular complexity index is 829. The summed E-state index contributed by atoms with van der Waals surface area (Å²) in [5.74, 6) is 0.796. The third-order valence-corrected chi connectivity index (χ3v) is 6.67. The van der Waals surface area contributed by atoms with Crippen molar-refractivity contribution in [2.75, 3.05) is 40.3 Å². The fraction of sp³-hybridized carbons (Fsp3) is 0.636. The maximum atomic E-state index is 6.84. The number of rotatable bonds is 3. The van der Waals surface area contributed by atoms with Gasteiger partial charge in [0.2, 0.25) is 17.7 Å². The number of hydrogen-bond acceptors (Lipinski definition) is 8. The Hall–Kier alpha value is -2.03. The second-order valence-corrected chi connectivity index (χ2v) is 9.14. The molecule has 2 heterocycles. The van der Waals surface area contributed by atoms with Crippen molar-refractivity contribution in [3.63, 3.8) is 0 Å². The number of ether oxygens (including phenoxy) is 1. The number of nitrogens with zero attached hydrogens (tertiary/aromatic N) is 4. The monoisotopic (exact) mass is 447 g/mol. The zero-order valence-corrected chi connectivity index (χ0v) is 19.3. The molecule has 1 saturated heterocycles. The molecule has 1 aromatic rings. The van der Waals surface area contributed by atoms with E-state index in [0.29, 0.717) is 22.8 Å². The Morgan fingerprint density at radius 1 is 1.16 bits per heavy atom. The van der Waals surface area contributed by atoms with Crippen LogP contribution in [0.1, 0.15) is 44.1 Å². The molecule has 0 amide bonds. The standard InChI is InChI=1S/C22H34ClN7O/c1-29-11-13-30(14-12-29)21-26-20(25-17-7-5-3-4-6-8-17)27-22(24,28-21)16-9-10-19(31-2)18(23)15-16/h9-10,15,17H,3-8,11-14,24H2,1-2H3,(H2,25,26,27,28). The van der Waals surface area contributed by atoms with Gasteiger partial charge in [0.05, 0.1) is 12.1 Å². The number of hydrogen-bond donors (Lipinski definition) is 3. The number of likely N-dealkylation sites (N-methyl/N-ethyl adjacent to an activating group) is 1. The van der Waals surface area contributed by atoms with Crippen LogP contribution in [-0.4, -0.2) is 68.1 Å². The van der Waals surface area contributed by atoms with Crippen molar-refractivity contribution < 1.29 is 4.74 Å². The van der Waals surface area contributed by atoms with Crippen LogP contribution >= 0.6 is 11.6 Å². The number of guanidine groups is 2. The lowest BCUT2D eigenvalue weighted by Gasteiger charge is -2.40. The molecule has 0 radical (unpaired) electrons. The lowest BCUT2D eigenvalue weighted by atomic mass is 10.1. The van der Waals surface area contributed by atoms with Gasteiger partial charge in [-0.1, -0.05) is 37.3 Å². The highest BCUT2D eigenvalue weighted by molar-refractivity contribution is 6.32. The zero-order chi connectivity index (χ0) is 21.8. The van der Waals surface area contributed by atoms with Crippen LogP contribution in [-0.2, 0) is 5.79 Å². The summed E-state index contributed by atoms with van der Waals surface area (Å²) >= 11 is 6.40. The van der Waals surface area contributed by atoms with Crippen molar-refractivity contribution in [3.05, 3.63) is 28.8 Å². The highest BCUT2D eigenvalue weighted by Crippen LogP contribution is 2.30. The summed E-state index contributed by atoms with van der Waals surface area (Å²) in [5, 5.41) is 7.47. The van der Waals surface area contributed by atoms with Gasteiger partial charge < -0.3 is 25.2 Å². The predicted molar refractivity (Wildman–Crippen MR) is 126 cm³/mol. The highest BCUT2D eigenvalue weighted by atomic mass is 35.5. The average molecular weight is 448 g/mol. The number of piperazine rings is 1. The third-order valence-electron chi connectivity index (χ3n) is 6.38. The Morgan fingerprint density at radius 2 is 1.87 bits per heavy atom. The first-order valence-corrected chi connectivity index (χ1v) is 11.6. The average Bonchev–Trinajstić information content (AvgIpc) is 3.02. The van der Waals surface area contributed by atoms with Crippen molar-refractivity contribution in [2.24, 2.45) is 15.7 Å². The number of benzene rings is 1. The largest absolute Gasteiger partial charge is 0.495 e. The summed E-state index contributed by atoms with van der Waals surface area (Å²) < 4.78 is 5.30. The zero-order valence-electron chi connectivity index (χ0n) is 18.5. The fourth-order valence-corrected chi connectivity index (χ4v) is 4.66. The van der Waals surface area contributed by atoms with Crippen molar-refractivity contribution >= 4 is 23.5 Å². The second kappa shape index (κ2) is 9.63. The lowest BCUT2D eigenvalue weighted by molar-refractivity contribution is 0.206. The Balaban J connectivity index is 1.63. The van der Waals surface area contributed by atoms with E-state index in [1.807, 2.05) is 18.2 Å². The molecule has 4 rings (SSSR count). The minimum atomic E-state index is -1.16. The van der Waals surface area contributed by atoms with Crippen LogP contribution in [0.2, 0.25) is 5.02 Å². The van der Waals surface area contributed by atoms with E-state index in [2.05, 4.69) is 27.5 Å². The molecule has 31 heavy (non-hydrogen) atoms. The van der Waals surface area contributed by atoms with Crippen LogP contribution < -0.4 is 21.1 Å². The molecule has 0 spiro atoms. The van der Waals surface area contributed by atoms with E-state index in [9.17, 15) is 0 Å².